The number of hydrogen-bond acceptors (Lipinski definition) is 4. The maximum Gasteiger partial charge on any atom is 0.243 e. The number of likely N-dealkylation sites (tertiary alicyclic amines) is 1. The quantitative estimate of drug-likeness (QED) is 0.594. The van der Waals surface area contributed by atoms with Crippen molar-refractivity contribution in [2.24, 2.45) is 5.92 Å². The van der Waals surface area contributed by atoms with E-state index in [0.29, 0.717) is 39.5 Å². The second-order valence-electron chi connectivity index (χ2n) is 8.31. The van der Waals surface area contributed by atoms with Crippen LogP contribution in [0.25, 0.3) is 0 Å². The van der Waals surface area contributed by atoms with Gasteiger partial charge in [-0.1, -0.05) is 43.5 Å². The van der Waals surface area contributed by atoms with Crippen molar-refractivity contribution in [3.8, 4) is 0 Å². The Morgan fingerprint density at radius 3 is 2.60 bits per heavy atom. The number of benzene rings is 1. The molecule has 6 nitrogen and oxygen atoms in total. The molecule has 1 aromatic rings. The van der Waals surface area contributed by atoms with Crippen LogP contribution in [0.4, 0.5) is 0 Å². The molecule has 6 heteroatoms. The van der Waals surface area contributed by atoms with Crippen LogP contribution in [0.15, 0.2) is 24.3 Å². The third-order valence-corrected chi connectivity index (χ3v) is 6.10. The maximum absolute atomic E-state index is 12.9. The average Bonchev–Trinajstić information content (AvgIpc) is 3.28. The molecule has 2 aliphatic rings. The Bertz CT molecular complexity index is 688. The number of amides is 2. The predicted octanol–water partition coefficient (Wildman–Crippen LogP) is 3.43. The van der Waals surface area contributed by atoms with Crippen LogP contribution in [0.5, 0.6) is 0 Å². The fourth-order valence-corrected chi connectivity index (χ4v) is 4.48. The summed E-state index contributed by atoms with van der Waals surface area (Å²) in [5, 5.41) is 3.05. The number of hydrogen-bond donors (Lipinski definition) is 1. The second-order valence-corrected chi connectivity index (χ2v) is 8.31. The fraction of sp³-hybridized carbons (Fsp3) is 0.667. The van der Waals surface area contributed by atoms with Crippen molar-refractivity contribution >= 4 is 11.8 Å². The van der Waals surface area contributed by atoms with E-state index in [9.17, 15) is 9.59 Å². The van der Waals surface area contributed by atoms with Gasteiger partial charge in [0.2, 0.25) is 11.8 Å². The Labute approximate surface area is 180 Å². The summed E-state index contributed by atoms with van der Waals surface area (Å²) < 4.78 is 10.9. The molecule has 1 aliphatic heterocycles. The van der Waals surface area contributed by atoms with Crippen LogP contribution in [0.3, 0.4) is 0 Å². The van der Waals surface area contributed by atoms with Crippen molar-refractivity contribution in [1.82, 2.24) is 10.2 Å². The largest absolute Gasteiger partial charge is 0.379 e. The molecule has 0 aromatic heterocycles. The van der Waals surface area contributed by atoms with E-state index in [1.165, 1.54) is 6.42 Å². The van der Waals surface area contributed by atoms with Gasteiger partial charge in [-0.15, -0.1) is 0 Å². The topological polar surface area (TPSA) is 67.9 Å². The number of ether oxygens (including phenoxy) is 2. The fourth-order valence-electron chi connectivity index (χ4n) is 4.48. The van der Waals surface area contributed by atoms with Crippen LogP contribution < -0.4 is 5.32 Å². The van der Waals surface area contributed by atoms with Gasteiger partial charge in [0, 0.05) is 25.6 Å². The highest BCUT2D eigenvalue weighted by molar-refractivity contribution is 5.89. The van der Waals surface area contributed by atoms with Crippen molar-refractivity contribution in [2.75, 3.05) is 26.4 Å². The number of nitrogens with one attached hydrogen (secondary N) is 1. The van der Waals surface area contributed by atoms with E-state index in [0.717, 1.165) is 49.7 Å². The smallest absolute Gasteiger partial charge is 0.243 e. The molecule has 30 heavy (non-hydrogen) atoms. The number of nitrogens with zero attached hydrogens (tertiary/aromatic N) is 1. The summed E-state index contributed by atoms with van der Waals surface area (Å²) in [7, 11) is 0. The van der Waals surface area contributed by atoms with Crippen molar-refractivity contribution in [1.29, 1.82) is 0 Å². The number of carbonyl (C=O) groups is 2. The highest BCUT2D eigenvalue weighted by Crippen LogP contribution is 2.28. The lowest BCUT2D eigenvalue weighted by Gasteiger charge is -2.30. The minimum absolute atomic E-state index is 0.0324. The van der Waals surface area contributed by atoms with Crippen LogP contribution in [0.1, 0.15) is 63.0 Å². The van der Waals surface area contributed by atoms with Crippen LogP contribution in [-0.4, -0.2) is 49.1 Å². The van der Waals surface area contributed by atoms with Gasteiger partial charge in [-0.05, 0) is 43.7 Å². The van der Waals surface area contributed by atoms with E-state index in [-0.39, 0.29) is 23.8 Å². The highest BCUT2D eigenvalue weighted by atomic mass is 16.5. The van der Waals surface area contributed by atoms with Crippen molar-refractivity contribution in [2.45, 2.75) is 71.1 Å². The van der Waals surface area contributed by atoms with Crippen molar-refractivity contribution in [3.63, 3.8) is 0 Å². The molecule has 0 bridgehead atoms. The third kappa shape index (κ3) is 6.54. The Morgan fingerprint density at radius 2 is 1.80 bits per heavy atom. The average molecular weight is 417 g/mol. The molecule has 1 saturated carbocycles. The molecule has 1 saturated heterocycles. The molecule has 1 aromatic carbocycles. The Kier molecular flexibility index (Phi) is 9.15. The number of rotatable bonds is 10. The summed E-state index contributed by atoms with van der Waals surface area (Å²) in [4.78, 5) is 27.6. The summed E-state index contributed by atoms with van der Waals surface area (Å²) in [6.07, 6.45) is 7.11. The SMILES string of the molecule is CCOCCOCc1cccc(CNC(=O)C2CCCN2C(=O)C2CCCCC2)c1. The monoisotopic (exact) mass is 416 g/mol. The van der Waals surface area contributed by atoms with Gasteiger partial charge < -0.3 is 19.7 Å². The van der Waals surface area contributed by atoms with Gasteiger partial charge in [0.25, 0.3) is 0 Å². The lowest BCUT2D eigenvalue weighted by molar-refractivity contribution is -0.142. The van der Waals surface area contributed by atoms with E-state index in [1.807, 2.05) is 30.0 Å². The summed E-state index contributed by atoms with van der Waals surface area (Å²) in [5.74, 6) is 0.278. The number of carbonyl (C=O) groups excluding carboxylic acids is 2. The summed E-state index contributed by atoms with van der Waals surface area (Å²) in [5.41, 5.74) is 2.12. The van der Waals surface area contributed by atoms with E-state index in [2.05, 4.69) is 11.4 Å². The van der Waals surface area contributed by atoms with Gasteiger partial charge >= 0.3 is 0 Å². The lowest BCUT2D eigenvalue weighted by Crippen LogP contribution is -2.47. The lowest BCUT2D eigenvalue weighted by atomic mass is 9.88. The van der Waals surface area contributed by atoms with E-state index in [1.54, 1.807) is 0 Å². The van der Waals surface area contributed by atoms with E-state index < -0.39 is 0 Å². The molecular formula is C24H36N2O4. The first-order valence-corrected chi connectivity index (χ1v) is 11.5. The molecule has 3 rings (SSSR count). The molecule has 1 unspecified atom stereocenters. The molecule has 1 N–H and O–H groups in total. The maximum atomic E-state index is 12.9. The highest BCUT2D eigenvalue weighted by Gasteiger charge is 2.37. The van der Waals surface area contributed by atoms with E-state index >= 15 is 0 Å². The van der Waals surface area contributed by atoms with Gasteiger partial charge in [0.1, 0.15) is 6.04 Å². The zero-order valence-electron chi connectivity index (χ0n) is 18.2. The van der Waals surface area contributed by atoms with Crippen molar-refractivity contribution in [3.05, 3.63) is 35.4 Å². The minimum atomic E-state index is -0.315. The molecule has 1 atom stereocenters. The van der Waals surface area contributed by atoms with Crippen LogP contribution >= 0.6 is 0 Å². The van der Waals surface area contributed by atoms with Gasteiger partial charge in [0.15, 0.2) is 0 Å². The third-order valence-electron chi connectivity index (χ3n) is 6.10. The first kappa shape index (κ1) is 22.8. The van der Waals surface area contributed by atoms with E-state index in [4.69, 9.17) is 9.47 Å². The summed E-state index contributed by atoms with van der Waals surface area (Å²) in [6.45, 7) is 5.54. The van der Waals surface area contributed by atoms with Crippen LogP contribution in [0, 0.1) is 5.92 Å². The molecule has 2 fully saturated rings. The molecule has 0 spiro atoms. The van der Waals surface area contributed by atoms with Gasteiger partial charge in [-0.2, -0.15) is 0 Å². The molecule has 1 heterocycles. The van der Waals surface area contributed by atoms with Gasteiger partial charge in [-0.25, -0.2) is 0 Å². The zero-order chi connectivity index (χ0) is 21.2. The van der Waals surface area contributed by atoms with Gasteiger partial charge in [0.05, 0.1) is 19.8 Å². The molecular weight excluding hydrogens is 380 g/mol. The Balaban J connectivity index is 1.47. The minimum Gasteiger partial charge on any atom is -0.379 e. The molecule has 1 aliphatic carbocycles. The van der Waals surface area contributed by atoms with Crippen LogP contribution in [-0.2, 0) is 32.2 Å². The summed E-state index contributed by atoms with van der Waals surface area (Å²) >= 11 is 0. The normalized spacial score (nSPS) is 19.8. The molecule has 166 valence electrons. The van der Waals surface area contributed by atoms with Crippen LogP contribution in [0.2, 0.25) is 0 Å². The first-order valence-electron chi connectivity index (χ1n) is 11.5. The Morgan fingerprint density at radius 1 is 1.03 bits per heavy atom. The second kappa shape index (κ2) is 12.1. The molecule has 0 radical (unpaired) electrons. The van der Waals surface area contributed by atoms with Crippen molar-refractivity contribution < 1.29 is 19.1 Å². The first-order chi connectivity index (χ1) is 14.7. The van der Waals surface area contributed by atoms with Gasteiger partial charge in [-0.3, -0.25) is 9.59 Å². The standard InChI is InChI=1S/C24H36N2O4/c1-2-29-14-15-30-18-20-9-6-8-19(16-20)17-25-23(27)22-12-7-13-26(22)24(28)21-10-4-3-5-11-21/h6,8-9,16,21-22H,2-5,7,10-15,17-18H2,1H3,(H,25,27). The summed E-state index contributed by atoms with van der Waals surface area (Å²) in [6, 6.07) is 7.75. The Hall–Kier alpha value is -1.92. The zero-order valence-corrected chi connectivity index (χ0v) is 18.2. The molecule has 2 amide bonds. The predicted molar refractivity (Wildman–Crippen MR) is 116 cm³/mol.